The van der Waals surface area contributed by atoms with Gasteiger partial charge < -0.3 is 9.64 Å². The molecule has 5 nitrogen and oxygen atoms in total. The van der Waals surface area contributed by atoms with Crippen molar-refractivity contribution >= 4 is 33.0 Å². The molecule has 0 unspecified atom stereocenters. The van der Waals surface area contributed by atoms with Crippen molar-refractivity contribution in [1.82, 2.24) is 4.90 Å². The lowest BCUT2D eigenvalue weighted by atomic mass is 10.0. The van der Waals surface area contributed by atoms with E-state index in [1.54, 1.807) is 17.2 Å². The Balaban J connectivity index is 1.66. The number of halogens is 1. The van der Waals surface area contributed by atoms with Crippen molar-refractivity contribution in [3.8, 4) is 11.5 Å². The average Bonchev–Trinajstić information content (AvgIpc) is 2.63. The van der Waals surface area contributed by atoms with Gasteiger partial charge in [-0.1, -0.05) is 41.9 Å². The summed E-state index contributed by atoms with van der Waals surface area (Å²) in [7, 11) is -3.63. The van der Waals surface area contributed by atoms with Crippen LogP contribution < -0.4 is 4.74 Å². The van der Waals surface area contributed by atoms with Gasteiger partial charge in [0.05, 0.1) is 10.4 Å². The Kier molecular flexibility index (Phi) is 4.14. The van der Waals surface area contributed by atoms with E-state index >= 15 is 0 Å². The van der Waals surface area contributed by atoms with Crippen LogP contribution in [0.5, 0.6) is 11.5 Å². The summed E-state index contributed by atoms with van der Waals surface area (Å²) in [5.74, 6) is 1.73. The zero-order valence-electron chi connectivity index (χ0n) is 13.4. The molecule has 26 heavy (non-hydrogen) atoms. The molecule has 0 bridgehead atoms. The summed E-state index contributed by atoms with van der Waals surface area (Å²) in [5.41, 5.74) is 1.41. The highest BCUT2D eigenvalue weighted by molar-refractivity contribution is 7.93. The van der Waals surface area contributed by atoms with Gasteiger partial charge in [0.15, 0.2) is 5.84 Å². The molecule has 0 saturated carbocycles. The molecule has 7 heteroatoms. The van der Waals surface area contributed by atoms with E-state index in [0.717, 1.165) is 16.7 Å². The molecule has 2 aromatic rings. The van der Waals surface area contributed by atoms with E-state index in [-0.39, 0.29) is 0 Å². The molecule has 0 N–H and O–H groups in total. The number of benzene rings is 2. The maximum Gasteiger partial charge on any atom is 0.278 e. The fraction of sp³-hybridized carbons (Fsp3) is 0. The van der Waals surface area contributed by atoms with E-state index in [4.69, 9.17) is 16.3 Å². The number of nitrogens with zero attached hydrogens (tertiary/aromatic N) is 2. The number of sulfonamides is 1. The zero-order chi connectivity index (χ0) is 18.1. The number of amidine groups is 1. The van der Waals surface area contributed by atoms with Gasteiger partial charge >= 0.3 is 0 Å². The van der Waals surface area contributed by atoms with Crippen LogP contribution in [0, 0.1) is 0 Å². The number of ether oxygens (including phenoxy) is 1. The van der Waals surface area contributed by atoms with Crippen LogP contribution in [0.25, 0.3) is 5.57 Å². The van der Waals surface area contributed by atoms with Gasteiger partial charge in [-0.3, -0.25) is 0 Å². The number of fused-ring (bicyclic) bond motifs is 1. The molecule has 0 radical (unpaired) electrons. The van der Waals surface area contributed by atoms with Gasteiger partial charge in [-0.2, -0.15) is 8.42 Å². The SMILES string of the molecule is O=S1(=O)C=CN2C=C(Cl)C=C(c3ccc(Oc4ccccc4)cc3)C2=N1. The number of para-hydroxylation sites is 1. The van der Waals surface area contributed by atoms with Gasteiger partial charge in [0.2, 0.25) is 0 Å². The monoisotopic (exact) mass is 384 g/mol. The Hall–Kier alpha value is -2.83. The van der Waals surface area contributed by atoms with Crippen molar-refractivity contribution < 1.29 is 13.2 Å². The highest BCUT2D eigenvalue weighted by Crippen LogP contribution is 2.31. The summed E-state index contributed by atoms with van der Waals surface area (Å²) < 4.78 is 33.3. The summed E-state index contributed by atoms with van der Waals surface area (Å²) in [5, 5.41) is 1.52. The van der Waals surface area contributed by atoms with Gasteiger partial charge in [-0.15, -0.1) is 4.40 Å². The Morgan fingerprint density at radius 3 is 2.38 bits per heavy atom. The van der Waals surface area contributed by atoms with E-state index in [9.17, 15) is 8.42 Å². The lowest BCUT2D eigenvalue weighted by Gasteiger charge is -2.26. The Morgan fingerprint density at radius 1 is 0.962 bits per heavy atom. The summed E-state index contributed by atoms with van der Waals surface area (Å²) in [6.45, 7) is 0. The Morgan fingerprint density at radius 2 is 1.65 bits per heavy atom. The minimum absolute atomic E-state index is 0.314. The summed E-state index contributed by atoms with van der Waals surface area (Å²) in [6, 6.07) is 16.8. The number of allylic oxidation sites excluding steroid dienone is 2. The molecule has 2 aliphatic rings. The first-order chi connectivity index (χ1) is 12.5. The molecule has 0 saturated heterocycles. The van der Waals surface area contributed by atoms with Crippen LogP contribution >= 0.6 is 11.6 Å². The molecule has 2 aliphatic heterocycles. The van der Waals surface area contributed by atoms with Crippen LogP contribution in [0.4, 0.5) is 0 Å². The van der Waals surface area contributed by atoms with Gasteiger partial charge in [-0.05, 0) is 35.9 Å². The third kappa shape index (κ3) is 3.42. The van der Waals surface area contributed by atoms with Gasteiger partial charge in [0.1, 0.15) is 11.5 Å². The first kappa shape index (κ1) is 16.6. The van der Waals surface area contributed by atoms with Crippen molar-refractivity contribution in [3.63, 3.8) is 0 Å². The molecule has 0 spiro atoms. The second-order valence-electron chi connectivity index (χ2n) is 5.63. The normalized spacial score (nSPS) is 17.7. The maximum atomic E-state index is 11.8. The van der Waals surface area contributed by atoms with Crippen molar-refractivity contribution in [2.45, 2.75) is 0 Å². The molecular weight excluding hydrogens is 372 g/mol. The number of hydrogen-bond donors (Lipinski definition) is 0. The molecular formula is C19H13ClN2O3S. The summed E-state index contributed by atoms with van der Waals surface area (Å²) >= 11 is 6.17. The van der Waals surface area contributed by atoms with Crippen molar-refractivity contribution in [2.24, 2.45) is 4.40 Å². The van der Waals surface area contributed by atoms with E-state index in [2.05, 4.69) is 4.40 Å². The van der Waals surface area contributed by atoms with Crippen LogP contribution in [-0.2, 0) is 10.0 Å². The number of rotatable bonds is 3. The van der Waals surface area contributed by atoms with Crippen molar-refractivity contribution in [3.05, 3.63) is 89.1 Å². The third-order valence-corrected chi connectivity index (χ3v) is 4.88. The highest BCUT2D eigenvalue weighted by Gasteiger charge is 2.25. The Labute approximate surface area is 156 Å². The quantitative estimate of drug-likeness (QED) is 0.783. The van der Waals surface area contributed by atoms with E-state index < -0.39 is 10.0 Å². The predicted octanol–water partition coefficient (Wildman–Crippen LogP) is 4.47. The number of hydrogen-bond acceptors (Lipinski definition) is 4. The second-order valence-corrected chi connectivity index (χ2v) is 7.55. The molecule has 0 aromatic heterocycles. The van der Waals surface area contributed by atoms with E-state index in [1.807, 2.05) is 54.6 Å². The van der Waals surface area contributed by atoms with Crippen LogP contribution in [0.2, 0.25) is 0 Å². The minimum Gasteiger partial charge on any atom is -0.457 e. The topological polar surface area (TPSA) is 59.0 Å². The first-order valence-corrected chi connectivity index (χ1v) is 9.63. The maximum absolute atomic E-state index is 11.8. The third-order valence-electron chi connectivity index (χ3n) is 3.78. The van der Waals surface area contributed by atoms with Crippen LogP contribution in [0.3, 0.4) is 0 Å². The molecule has 0 atom stereocenters. The first-order valence-electron chi connectivity index (χ1n) is 7.74. The standard InChI is InChI=1S/C19H13ClN2O3S/c20-15-12-18(19-21-26(23,24)11-10-22(19)13-15)14-6-8-17(9-7-14)25-16-4-2-1-3-5-16/h1-13H. The molecule has 0 amide bonds. The average molecular weight is 385 g/mol. The van der Waals surface area contributed by atoms with E-state index in [1.165, 1.54) is 6.20 Å². The zero-order valence-corrected chi connectivity index (χ0v) is 15.0. The Bertz CT molecular complexity index is 1070. The lowest BCUT2D eigenvalue weighted by molar-refractivity contribution is 0.482. The molecule has 0 fully saturated rings. The predicted molar refractivity (Wildman–Crippen MR) is 102 cm³/mol. The summed E-state index contributed by atoms with van der Waals surface area (Å²) in [6.07, 6.45) is 4.74. The van der Waals surface area contributed by atoms with Crippen LogP contribution in [-0.4, -0.2) is 19.2 Å². The molecule has 2 heterocycles. The van der Waals surface area contributed by atoms with Gasteiger partial charge in [0, 0.05) is 18.0 Å². The molecule has 4 rings (SSSR count). The molecule has 130 valence electrons. The van der Waals surface area contributed by atoms with Gasteiger partial charge in [0.25, 0.3) is 10.0 Å². The smallest absolute Gasteiger partial charge is 0.278 e. The summed E-state index contributed by atoms with van der Waals surface area (Å²) in [4.78, 5) is 1.59. The highest BCUT2D eigenvalue weighted by atomic mass is 35.5. The van der Waals surface area contributed by atoms with Crippen molar-refractivity contribution in [2.75, 3.05) is 0 Å². The second kappa shape index (κ2) is 6.48. The minimum atomic E-state index is -3.63. The molecule has 2 aromatic carbocycles. The van der Waals surface area contributed by atoms with Gasteiger partial charge in [-0.25, -0.2) is 0 Å². The molecule has 0 aliphatic carbocycles. The van der Waals surface area contributed by atoms with E-state index in [0.29, 0.717) is 22.2 Å². The lowest BCUT2D eigenvalue weighted by Crippen LogP contribution is -2.28. The van der Waals surface area contributed by atoms with Crippen LogP contribution in [0.15, 0.2) is 87.9 Å². The largest absolute Gasteiger partial charge is 0.457 e. The van der Waals surface area contributed by atoms with Crippen LogP contribution in [0.1, 0.15) is 5.56 Å². The fourth-order valence-corrected chi connectivity index (χ4v) is 3.61. The van der Waals surface area contributed by atoms with Crippen molar-refractivity contribution in [1.29, 1.82) is 0 Å². The fourth-order valence-electron chi connectivity index (χ4n) is 2.62.